The summed E-state index contributed by atoms with van der Waals surface area (Å²) in [6, 6.07) is 20.9. The molecule has 4 aromatic rings. The van der Waals surface area contributed by atoms with E-state index in [9.17, 15) is 4.79 Å². The average molecular weight is 410 g/mol. The predicted octanol–water partition coefficient (Wildman–Crippen LogP) is 4.39. The van der Waals surface area contributed by atoms with Crippen LogP contribution in [0.3, 0.4) is 0 Å². The number of ether oxygens (including phenoxy) is 1. The predicted molar refractivity (Wildman–Crippen MR) is 121 cm³/mol. The van der Waals surface area contributed by atoms with Gasteiger partial charge in [-0.2, -0.15) is 10.2 Å². The molecule has 4 rings (SSSR count). The van der Waals surface area contributed by atoms with Crippen LogP contribution in [-0.2, 0) is 6.61 Å². The van der Waals surface area contributed by atoms with E-state index in [0.717, 1.165) is 22.2 Å². The summed E-state index contributed by atoms with van der Waals surface area (Å²) in [5.74, 6) is 0.583. The molecule has 6 heteroatoms. The van der Waals surface area contributed by atoms with Crippen LogP contribution in [0.15, 0.2) is 85.3 Å². The number of carbonyl (C=O) groups excluding carboxylic acids is 1. The number of rotatable bonds is 7. The van der Waals surface area contributed by atoms with Crippen LogP contribution in [0.4, 0.5) is 0 Å². The smallest absolute Gasteiger partial charge is 0.195 e. The fourth-order valence-corrected chi connectivity index (χ4v) is 3.18. The molecule has 2 aromatic heterocycles. The van der Waals surface area contributed by atoms with E-state index < -0.39 is 0 Å². The zero-order chi connectivity index (χ0) is 21.6. The summed E-state index contributed by atoms with van der Waals surface area (Å²) in [6.45, 7) is 0.354. The van der Waals surface area contributed by atoms with E-state index in [1.54, 1.807) is 48.9 Å². The van der Waals surface area contributed by atoms with Crippen LogP contribution in [0.25, 0.3) is 16.5 Å². The van der Waals surface area contributed by atoms with Gasteiger partial charge in [0, 0.05) is 42.4 Å². The number of ketones is 1. The SMILES string of the molecule is CN(C)C=C(C(=O)c1ccc(OCc2ccc3ccccc3n2)cc1)c1ccnnc1. The van der Waals surface area contributed by atoms with E-state index >= 15 is 0 Å². The second-order valence-electron chi connectivity index (χ2n) is 7.27. The van der Waals surface area contributed by atoms with E-state index in [4.69, 9.17) is 4.74 Å². The van der Waals surface area contributed by atoms with Crippen molar-refractivity contribution in [1.29, 1.82) is 0 Å². The molecule has 0 radical (unpaired) electrons. The Hall–Kier alpha value is -4.06. The van der Waals surface area contributed by atoms with Crippen molar-refractivity contribution in [2.75, 3.05) is 14.1 Å². The monoisotopic (exact) mass is 410 g/mol. The highest BCUT2D eigenvalue weighted by Crippen LogP contribution is 2.22. The molecule has 0 unspecified atom stereocenters. The molecule has 0 saturated carbocycles. The Kier molecular flexibility index (Phi) is 5.98. The number of hydrogen-bond acceptors (Lipinski definition) is 6. The van der Waals surface area contributed by atoms with Crippen molar-refractivity contribution in [3.63, 3.8) is 0 Å². The van der Waals surface area contributed by atoms with Crippen LogP contribution >= 0.6 is 0 Å². The van der Waals surface area contributed by atoms with Crippen molar-refractivity contribution in [2.45, 2.75) is 6.61 Å². The molecule has 0 spiro atoms. The molecule has 154 valence electrons. The Bertz CT molecular complexity index is 1220. The first-order valence-electron chi connectivity index (χ1n) is 9.88. The molecule has 0 bridgehead atoms. The van der Waals surface area contributed by atoms with Crippen LogP contribution in [-0.4, -0.2) is 40.0 Å². The third kappa shape index (κ3) is 4.93. The minimum absolute atomic E-state index is 0.0931. The number of nitrogens with zero attached hydrogens (tertiary/aromatic N) is 4. The first-order chi connectivity index (χ1) is 15.1. The quantitative estimate of drug-likeness (QED) is 0.333. The highest BCUT2D eigenvalue weighted by Gasteiger charge is 2.15. The number of para-hydroxylation sites is 1. The van der Waals surface area contributed by atoms with Gasteiger partial charge in [0.2, 0.25) is 0 Å². The molecule has 2 heterocycles. The molecule has 6 nitrogen and oxygen atoms in total. The van der Waals surface area contributed by atoms with E-state index in [2.05, 4.69) is 15.2 Å². The summed E-state index contributed by atoms with van der Waals surface area (Å²) >= 11 is 0. The molecule has 0 atom stereocenters. The van der Waals surface area contributed by atoms with Gasteiger partial charge >= 0.3 is 0 Å². The Balaban J connectivity index is 1.48. The third-order valence-electron chi connectivity index (χ3n) is 4.69. The van der Waals surface area contributed by atoms with Gasteiger partial charge in [-0.3, -0.25) is 4.79 Å². The number of allylic oxidation sites excluding steroid dienone is 1. The van der Waals surface area contributed by atoms with Gasteiger partial charge in [0.1, 0.15) is 12.4 Å². The lowest BCUT2D eigenvalue weighted by atomic mass is 9.99. The standard InChI is InChI=1S/C25H22N4O2/c1-29(2)16-23(20-13-14-26-27-15-20)25(30)19-8-11-22(12-9-19)31-17-21-10-7-18-5-3-4-6-24(18)28-21/h3-16H,17H2,1-2H3. The van der Waals surface area contributed by atoms with Gasteiger partial charge in [0.25, 0.3) is 0 Å². The summed E-state index contributed by atoms with van der Waals surface area (Å²) in [6.07, 6.45) is 4.94. The zero-order valence-corrected chi connectivity index (χ0v) is 17.4. The molecule has 0 fully saturated rings. The van der Waals surface area contributed by atoms with E-state index in [1.165, 1.54) is 0 Å². The lowest BCUT2D eigenvalue weighted by Crippen LogP contribution is -2.09. The Morgan fingerprint density at radius 3 is 2.48 bits per heavy atom. The second kappa shape index (κ2) is 9.17. The van der Waals surface area contributed by atoms with Crippen LogP contribution < -0.4 is 4.74 Å². The van der Waals surface area contributed by atoms with Gasteiger partial charge in [0.05, 0.1) is 23.6 Å². The number of aromatic nitrogens is 3. The van der Waals surface area contributed by atoms with Gasteiger partial charge in [-0.05, 0) is 42.5 Å². The summed E-state index contributed by atoms with van der Waals surface area (Å²) < 4.78 is 5.87. The number of Topliss-reactive ketones (excluding diaryl/α,β-unsaturated/α-hetero) is 1. The largest absolute Gasteiger partial charge is 0.487 e. The average Bonchev–Trinajstić information content (AvgIpc) is 2.81. The topological polar surface area (TPSA) is 68.2 Å². The number of hydrogen-bond donors (Lipinski definition) is 0. The van der Waals surface area contributed by atoms with Crippen molar-refractivity contribution in [1.82, 2.24) is 20.1 Å². The highest BCUT2D eigenvalue weighted by molar-refractivity contribution is 6.28. The molecule has 0 amide bonds. The van der Waals surface area contributed by atoms with Crippen molar-refractivity contribution >= 4 is 22.3 Å². The maximum atomic E-state index is 13.1. The van der Waals surface area contributed by atoms with Gasteiger partial charge in [-0.25, -0.2) is 4.98 Å². The van der Waals surface area contributed by atoms with E-state index in [1.807, 2.05) is 55.4 Å². The van der Waals surface area contributed by atoms with Crippen molar-refractivity contribution in [3.8, 4) is 5.75 Å². The maximum absolute atomic E-state index is 13.1. The maximum Gasteiger partial charge on any atom is 0.195 e. The Morgan fingerprint density at radius 2 is 1.74 bits per heavy atom. The van der Waals surface area contributed by atoms with Crippen molar-refractivity contribution in [3.05, 3.63) is 102 Å². The molecule has 0 aliphatic carbocycles. The molecule has 0 N–H and O–H groups in total. The normalized spacial score (nSPS) is 11.4. The Labute approximate surface area is 180 Å². The van der Waals surface area contributed by atoms with Crippen LogP contribution in [0.2, 0.25) is 0 Å². The summed E-state index contributed by atoms with van der Waals surface area (Å²) in [5, 5.41) is 8.77. The number of pyridine rings is 1. The highest BCUT2D eigenvalue weighted by atomic mass is 16.5. The van der Waals surface area contributed by atoms with Crippen LogP contribution in [0.1, 0.15) is 21.6 Å². The number of carbonyl (C=O) groups is 1. The first-order valence-corrected chi connectivity index (χ1v) is 9.88. The molecule has 2 aromatic carbocycles. The lowest BCUT2D eigenvalue weighted by molar-refractivity contribution is 0.105. The molecular formula is C25H22N4O2. The Morgan fingerprint density at radius 1 is 0.935 bits per heavy atom. The van der Waals surface area contributed by atoms with Crippen LogP contribution in [0, 0.1) is 0 Å². The third-order valence-corrected chi connectivity index (χ3v) is 4.69. The van der Waals surface area contributed by atoms with E-state index in [-0.39, 0.29) is 5.78 Å². The first kappa shape index (κ1) is 20.2. The van der Waals surface area contributed by atoms with Crippen LogP contribution in [0.5, 0.6) is 5.75 Å². The van der Waals surface area contributed by atoms with Gasteiger partial charge in [-0.1, -0.05) is 24.3 Å². The van der Waals surface area contributed by atoms with Gasteiger partial charge in [-0.15, -0.1) is 0 Å². The summed E-state index contributed by atoms with van der Waals surface area (Å²) in [7, 11) is 3.75. The molecule has 0 aliphatic heterocycles. The van der Waals surface area contributed by atoms with Gasteiger partial charge < -0.3 is 9.64 Å². The zero-order valence-electron chi connectivity index (χ0n) is 17.4. The van der Waals surface area contributed by atoms with Gasteiger partial charge in [0.15, 0.2) is 5.78 Å². The van der Waals surface area contributed by atoms with Crippen molar-refractivity contribution < 1.29 is 9.53 Å². The number of benzene rings is 2. The fraction of sp³-hybridized carbons (Fsp3) is 0.120. The number of fused-ring (bicyclic) bond motifs is 1. The molecular weight excluding hydrogens is 388 g/mol. The molecule has 31 heavy (non-hydrogen) atoms. The lowest BCUT2D eigenvalue weighted by Gasteiger charge is -2.12. The summed E-state index contributed by atoms with van der Waals surface area (Å²) in [5.41, 5.74) is 3.63. The minimum atomic E-state index is -0.0931. The minimum Gasteiger partial charge on any atom is -0.487 e. The second-order valence-corrected chi connectivity index (χ2v) is 7.27. The fourth-order valence-electron chi connectivity index (χ4n) is 3.18. The molecule has 0 aliphatic rings. The summed E-state index contributed by atoms with van der Waals surface area (Å²) in [4.78, 5) is 19.6. The van der Waals surface area contributed by atoms with E-state index in [0.29, 0.717) is 23.5 Å². The molecule has 0 saturated heterocycles. The van der Waals surface area contributed by atoms with Crippen molar-refractivity contribution in [2.24, 2.45) is 0 Å².